The summed E-state index contributed by atoms with van der Waals surface area (Å²) in [5.74, 6) is 0. The van der Waals surface area contributed by atoms with Crippen LogP contribution in [0.15, 0.2) is 0 Å². The van der Waals surface area contributed by atoms with E-state index in [4.69, 9.17) is 30.5 Å². The second-order valence-electron chi connectivity index (χ2n) is 4.87. The molecule has 0 fully saturated rings. The topological polar surface area (TPSA) is 129 Å². The van der Waals surface area contributed by atoms with Gasteiger partial charge in [0.1, 0.15) is 0 Å². The fourth-order valence-corrected chi connectivity index (χ4v) is 2.24. The summed E-state index contributed by atoms with van der Waals surface area (Å²) in [6, 6.07) is 0. The van der Waals surface area contributed by atoms with Crippen LogP contribution in [0.5, 0.6) is 0 Å². The van der Waals surface area contributed by atoms with Crippen LogP contribution < -0.4 is 0 Å². The standard InChI is InChI=1S/C12H25.Na.H2O4S.H2O3S/c1-3-5-7-9-11-12-10-8-6-4-2;;1-5(2,3)4;1-4(2)3/h1,3-12H2,2H3;;(H2,1,2,3,4);4H,(H,1,2,3). The van der Waals surface area contributed by atoms with Crippen LogP contribution in [0.3, 0.4) is 0 Å². The van der Waals surface area contributed by atoms with Gasteiger partial charge in [0, 0.05) is 0 Å². The van der Waals surface area contributed by atoms with E-state index in [1.807, 2.05) is 0 Å². The average molecular weight is 372 g/mol. The predicted octanol–water partition coefficient (Wildman–Crippen LogP) is 2.91. The molecule has 0 spiro atoms. The summed E-state index contributed by atoms with van der Waals surface area (Å²) in [7, 11) is -7.79. The van der Waals surface area contributed by atoms with Gasteiger partial charge >= 0.3 is 113 Å². The zero-order valence-corrected chi connectivity index (χ0v) is 17.3. The van der Waals surface area contributed by atoms with Crippen molar-refractivity contribution >= 4 is 49.3 Å². The number of hydrogen-bond acceptors (Lipinski definition) is 4. The maximum Gasteiger partial charge on any atom is 0.394 e. The minimum Gasteiger partial charge on any atom is -0.288 e. The van der Waals surface area contributed by atoms with Gasteiger partial charge in [-0.15, -0.1) is 0 Å². The first-order valence-corrected chi connectivity index (χ1v) is 11.6. The molecular weight excluding hydrogens is 343 g/mol. The molecule has 0 atom stereocenters. The Bertz CT molecular complexity index is 344. The number of hydrogen-bond donors (Lipinski definition) is 4. The Morgan fingerprint density at radius 3 is 1.27 bits per heavy atom. The van der Waals surface area contributed by atoms with E-state index in [-0.39, 0.29) is 0 Å². The zero-order valence-electron chi connectivity index (χ0n) is 13.6. The van der Waals surface area contributed by atoms with Gasteiger partial charge in [-0.1, -0.05) is 0 Å². The molecule has 0 aliphatic heterocycles. The van der Waals surface area contributed by atoms with E-state index >= 15 is 0 Å². The van der Waals surface area contributed by atoms with Gasteiger partial charge in [-0.25, -0.2) is 8.42 Å². The molecule has 0 unspecified atom stereocenters. The monoisotopic (exact) mass is 372 g/mol. The maximum absolute atomic E-state index is 8.74. The van der Waals surface area contributed by atoms with Crippen LogP contribution in [0.1, 0.15) is 71.1 Å². The molecule has 0 radical (unpaired) electrons. The van der Waals surface area contributed by atoms with Crippen molar-refractivity contribution in [1.29, 1.82) is 0 Å². The molecule has 0 aromatic rings. The van der Waals surface area contributed by atoms with Crippen molar-refractivity contribution in [3.8, 4) is 0 Å². The fraction of sp³-hybridized carbons (Fsp3) is 1.00. The van der Waals surface area contributed by atoms with Crippen LogP contribution >= 0.6 is 0 Å². The Hall–Kier alpha value is 0.780. The summed E-state index contributed by atoms with van der Waals surface area (Å²) < 4.78 is 57.3. The molecule has 0 aliphatic carbocycles. The van der Waals surface area contributed by atoms with Crippen LogP contribution in [0.4, 0.5) is 0 Å². The molecule has 0 saturated heterocycles. The number of rotatable bonds is 10. The third-order valence-electron chi connectivity index (χ3n) is 2.71. The van der Waals surface area contributed by atoms with Crippen molar-refractivity contribution in [2.24, 2.45) is 0 Å². The van der Waals surface area contributed by atoms with E-state index in [1.165, 1.54) is 95.8 Å². The molecule has 7 nitrogen and oxygen atoms in total. The SMILES string of the molecule is CCCCCCCCCCC[CH2][Na].O=S(=O)(O)O.O=[SH](=O)O. The van der Waals surface area contributed by atoms with Crippen LogP contribution in [0.2, 0.25) is 3.67 Å². The van der Waals surface area contributed by atoms with Gasteiger partial charge in [0.2, 0.25) is 0 Å². The van der Waals surface area contributed by atoms with Gasteiger partial charge < -0.3 is 0 Å². The average Bonchev–Trinajstić information content (AvgIpc) is 2.34. The van der Waals surface area contributed by atoms with Gasteiger partial charge in [-0.05, 0) is 0 Å². The van der Waals surface area contributed by atoms with Crippen molar-refractivity contribution in [3.63, 3.8) is 0 Å². The van der Waals surface area contributed by atoms with Crippen molar-refractivity contribution in [2.45, 2.75) is 74.8 Å². The van der Waals surface area contributed by atoms with E-state index in [0.717, 1.165) is 0 Å². The molecule has 132 valence electrons. The third-order valence-corrected chi connectivity index (χ3v) is 3.41. The van der Waals surface area contributed by atoms with Gasteiger partial charge in [-0.2, -0.15) is 8.42 Å². The van der Waals surface area contributed by atoms with E-state index in [2.05, 4.69) is 6.92 Å². The zero-order chi connectivity index (χ0) is 17.9. The smallest absolute Gasteiger partial charge is 0.288 e. The van der Waals surface area contributed by atoms with Gasteiger partial charge in [0.05, 0.1) is 0 Å². The molecule has 0 aliphatic rings. The van der Waals surface area contributed by atoms with Crippen molar-refractivity contribution in [3.05, 3.63) is 0 Å². The first-order valence-electron chi connectivity index (χ1n) is 7.68. The molecule has 22 heavy (non-hydrogen) atoms. The van der Waals surface area contributed by atoms with Crippen molar-refractivity contribution < 1.29 is 30.5 Å². The van der Waals surface area contributed by atoms with Crippen molar-refractivity contribution in [1.82, 2.24) is 0 Å². The molecule has 3 N–H and O–H groups in total. The van der Waals surface area contributed by atoms with Crippen LogP contribution in [0, 0.1) is 0 Å². The first kappa shape index (κ1) is 27.6. The molecule has 0 aromatic heterocycles. The second-order valence-corrected chi connectivity index (χ2v) is 7.24. The Balaban J connectivity index is -0.000000330. The predicted molar refractivity (Wildman–Crippen MR) is 89.5 cm³/mol. The second kappa shape index (κ2) is 21.8. The molecule has 0 saturated carbocycles. The molecule has 0 amide bonds. The molecule has 0 bridgehead atoms. The summed E-state index contributed by atoms with van der Waals surface area (Å²) in [4.78, 5) is 0. The molecule has 10 heteroatoms. The van der Waals surface area contributed by atoms with E-state index < -0.39 is 21.4 Å². The molecule has 0 rings (SSSR count). The Labute approximate surface area is 154 Å². The molecule has 0 heterocycles. The maximum atomic E-state index is 8.74. The normalized spacial score (nSPS) is 10.5. The first-order chi connectivity index (χ1) is 10.1. The van der Waals surface area contributed by atoms with E-state index in [0.29, 0.717) is 0 Å². The minimum atomic E-state index is -4.67. The molecule has 0 aromatic carbocycles. The van der Waals surface area contributed by atoms with Crippen LogP contribution in [-0.2, 0) is 21.4 Å². The summed E-state index contributed by atoms with van der Waals surface area (Å²) in [6.45, 7) is 2.29. The van der Waals surface area contributed by atoms with Crippen LogP contribution in [0.25, 0.3) is 0 Å². The van der Waals surface area contributed by atoms with E-state index in [9.17, 15) is 0 Å². The largest absolute Gasteiger partial charge is 0.394 e. The quantitative estimate of drug-likeness (QED) is 0.201. The Morgan fingerprint density at radius 1 is 0.818 bits per heavy atom. The molecular formula is C12H29NaO7S2. The van der Waals surface area contributed by atoms with Crippen molar-refractivity contribution in [2.75, 3.05) is 0 Å². The Kier molecular flexibility index (Phi) is 27.3. The number of unbranched alkanes of at least 4 members (excludes halogenated alkanes) is 9. The summed E-state index contributed by atoms with van der Waals surface area (Å²) in [5.41, 5.74) is 0. The van der Waals surface area contributed by atoms with Gasteiger partial charge in [-0.3, -0.25) is 13.7 Å². The third kappa shape index (κ3) is 70.0. The van der Waals surface area contributed by atoms with Crippen LogP contribution in [-0.4, -0.2) is 58.4 Å². The number of thiol groups is 1. The van der Waals surface area contributed by atoms with Gasteiger partial charge in [0.15, 0.2) is 0 Å². The Morgan fingerprint density at radius 2 is 1.05 bits per heavy atom. The van der Waals surface area contributed by atoms with Gasteiger partial charge in [0.25, 0.3) is 11.0 Å². The summed E-state index contributed by atoms with van der Waals surface area (Å²) in [6.07, 6.45) is 14.7. The minimum absolute atomic E-state index is 1.38. The van der Waals surface area contributed by atoms with E-state index in [1.54, 1.807) is 0 Å². The fourth-order valence-electron chi connectivity index (χ4n) is 1.74. The summed E-state index contributed by atoms with van der Waals surface area (Å²) in [5, 5.41) is 0. The summed E-state index contributed by atoms with van der Waals surface area (Å²) >= 11 is 1.41.